The molecule has 0 atom stereocenters. The third-order valence-corrected chi connectivity index (χ3v) is 6.39. The Labute approximate surface area is 149 Å². The maximum atomic E-state index is 12.5. The van der Waals surface area contributed by atoms with Crippen LogP contribution in [-0.2, 0) is 16.4 Å². The predicted octanol–water partition coefficient (Wildman–Crippen LogP) is 3.84. The van der Waals surface area contributed by atoms with Crippen LogP contribution in [0.25, 0.3) is 0 Å². The molecule has 3 aromatic rings. The van der Waals surface area contributed by atoms with Gasteiger partial charge in [0.1, 0.15) is 4.21 Å². The summed E-state index contributed by atoms with van der Waals surface area (Å²) in [7, 11) is -3.84. The molecular formula is C18H15NO4S2. The van der Waals surface area contributed by atoms with Gasteiger partial charge in [0.05, 0.1) is 11.3 Å². The second-order valence-corrected chi connectivity index (χ2v) is 8.21. The molecule has 0 fully saturated rings. The number of thiophene rings is 1. The van der Waals surface area contributed by atoms with E-state index in [1.54, 1.807) is 12.1 Å². The first-order chi connectivity index (χ1) is 12.0. The fraction of sp³-hybridized carbons (Fsp3) is 0.0556. The first-order valence-electron chi connectivity index (χ1n) is 7.42. The van der Waals surface area contributed by atoms with E-state index in [0.29, 0.717) is 12.1 Å². The highest BCUT2D eigenvalue weighted by molar-refractivity contribution is 7.94. The number of benzene rings is 2. The van der Waals surface area contributed by atoms with Gasteiger partial charge in [-0.15, -0.1) is 11.3 Å². The van der Waals surface area contributed by atoms with Crippen LogP contribution in [0.5, 0.6) is 0 Å². The standard InChI is InChI=1S/C18H15NO4S2/c20-18(21)15-11-17(24-12-15)25(22,23)19-16-9-5-4-8-14(16)10-13-6-2-1-3-7-13/h1-9,11-12,19H,10H2,(H,20,21). The van der Waals surface area contributed by atoms with Crippen molar-refractivity contribution in [2.24, 2.45) is 0 Å². The zero-order valence-corrected chi connectivity index (χ0v) is 14.7. The topological polar surface area (TPSA) is 83.5 Å². The maximum Gasteiger partial charge on any atom is 0.336 e. The Bertz CT molecular complexity index is 995. The van der Waals surface area contributed by atoms with Crippen LogP contribution in [0.3, 0.4) is 0 Å². The second-order valence-electron chi connectivity index (χ2n) is 5.38. The molecule has 0 spiro atoms. The monoisotopic (exact) mass is 373 g/mol. The van der Waals surface area contributed by atoms with Gasteiger partial charge in [0, 0.05) is 5.38 Å². The van der Waals surface area contributed by atoms with Crippen LogP contribution in [0.2, 0.25) is 0 Å². The first kappa shape index (κ1) is 17.2. The molecule has 7 heteroatoms. The van der Waals surface area contributed by atoms with Crippen molar-refractivity contribution in [3.05, 3.63) is 82.7 Å². The van der Waals surface area contributed by atoms with Gasteiger partial charge in [0.15, 0.2) is 0 Å². The Morgan fingerprint density at radius 3 is 2.40 bits per heavy atom. The molecule has 0 aliphatic heterocycles. The van der Waals surface area contributed by atoms with Crippen molar-refractivity contribution in [2.75, 3.05) is 4.72 Å². The average Bonchev–Trinajstić information content (AvgIpc) is 3.09. The summed E-state index contributed by atoms with van der Waals surface area (Å²) in [6.45, 7) is 0. The number of nitrogens with one attached hydrogen (secondary N) is 1. The number of para-hydroxylation sites is 1. The van der Waals surface area contributed by atoms with Crippen LogP contribution in [0.1, 0.15) is 21.5 Å². The van der Waals surface area contributed by atoms with Gasteiger partial charge in [-0.3, -0.25) is 4.72 Å². The Balaban J connectivity index is 1.88. The van der Waals surface area contributed by atoms with E-state index >= 15 is 0 Å². The summed E-state index contributed by atoms with van der Waals surface area (Å²) in [5, 5.41) is 10.3. The van der Waals surface area contributed by atoms with Crippen molar-refractivity contribution in [2.45, 2.75) is 10.6 Å². The van der Waals surface area contributed by atoms with Crippen LogP contribution in [-0.4, -0.2) is 19.5 Å². The summed E-state index contributed by atoms with van der Waals surface area (Å²) in [6, 6.07) is 18.1. The van der Waals surface area contributed by atoms with Gasteiger partial charge in [-0.05, 0) is 29.7 Å². The molecule has 0 bridgehead atoms. The number of hydrogen-bond acceptors (Lipinski definition) is 4. The summed E-state index contributed by atoms with van der Waals surface area (Å²) in [5.41, 5.74) is 2.35. The van der Waals surface area contributed by atoms with Crippen LogP contribution in [0.4, 0.5) is 5.69 Å². The maximum absolute atomic E-state index is 12.5. The zero-order valence-electron chi connectivity index (χ0n) is 13.0. The van der Waals surface area contributed by atoms with Gasteiger partial charge >= 0.3 is 5.97 Å². The molecular weight excluding hydrogens is 358 g/mol. The van der Waals surface area contributed by atoms with Gasteiger partial charge in [-0.25, -0.2) is 13.2 Å². The van der Waals surface area contributed by atoms with E-state index < -0.39 is 16.0 Å². The van der Waals surface area contributed by atoms with E-state index in [9.17, 15) is 13.2 Å². The Kier molecular flexibility index (Phi) is 4.87. The Morgan fingerprint density at radius 2 is 1.72 bits per heavy atom. The van der Waals surface area contributed by atoms with Crippen molar-refractivity contribution in [3.63, 3.8) is 0 Å². The van der Waals surface area contributed by atoms with Gasteiger partial charge < -0.3 is 5.11 Å². The molecule has 0 aliphatic carbocycles. The number of anilines is 1. The molecule has 2 aromatic carbocycles. The van der Waals surface area contributed by atoms with E-state index in [0.717, 1.165) is 28.5 Å². The molecule has 0 saturated heterocycles. The van der Waals surface area contributed by atoms with Gasteiger partial charge in [0.2, 0.25) is 0 Å². The predicted molar refractivity (Wildman–Crippen MR) is 97.8 cm³/mol. The van der Waals surface area contributed by atoms with E-state index in [-0.39, 0.29) is 9.77 Å². The lowest BCUT2D eigenvalue weighted by molar-refractivity contribution is 0.0697. The molecule has 2 N–H and O–H groups in total. The highest BCUT2D eigenvalue weighted by Crippen LogP contribution is 2.26. The van der Waals surface area contributed by atoms with E-state index in [4.69, 9.17) is 5.11 Å². The zero-order chi connectivity index (χ0) is 17.9. The normalized spacial score (nSPS) is 11.2. The second kappa shape index (κ2) is 7.08. The Morgan fingerprint density at radius 1 is 1.04 bits per heavy atom. The van der Waals surface area contributed by atoms with Gasteiger partial charge in [-0.2, -0.15) is 0 Å². The van der Waals surface area contributed by atoms with Gasteiger partial charge in [0.25, 0.3) is 10.0 Å². The lowest BCUT2D eigenvalue weighted by Crippen LogP contribution is -2.13. The summed E-state index contributed by atoms with van der Waals surface area (Å²) < 4.78 is 27.6. The highest BCUT2D eigenvalue weighted by atomic mass is 32.2. The largest absolute Gasteiger partial charge is 0.478 e. The van der Waals surface area contributed by atoms with Crippen molar-refractivity contribution >= 4 is 33.0 Å². The number of sulfonamides is 1. The highest BCUT2D eigenvalue weighted by Gasteiger charge is 2.20. The van der Waals surface area contributed by atoms with Crippen molar-refractivity contribution in [1.82, 2.24) is 0 Å². The van der Waals surface area contributed by atoms with Crippen LogP contribution >= 0.6 is 11.3 Å². The van der Waals surface area contributed by atoms with Gasteiger partial charge in [-0.1, -0.05) is 48.5 Å². The molecule has 1 heterocycles. The lowest BCUT2D eigenvalue weighted by atomic mass is 10.0. The molecule has 0 unspecified atom stereocenters. The van der Waals surface area contributed by atoms with Crippen LogP contribution < -0.4 is 4.72 Å². The van der Waals surface area contributed by atoms with E-state index in [1.165, 1.54) is 5.38 Å². The van der Waals surface area contributed by atoms with Crippen LogP contribution in [0, 0.1) is 0 Å². The summed E-state index contributed by atoms with van der Waals surface area (Å²) >= 11 is 0.883. The average molecular weight is 373 g/mol. The fourth-order valence-corrected chi connectivity index (χ4v) is 4.61. The van der Waals surface area contributed by atoms with Crippen molar-refractivity contribution in [1.29, 1.82) is 0 Å². The summed E-state index contributed by atoms with van der Waals surface area (Å²) in [6.07, 6.45) is 0.588. The minimum atomic E-state index is -3.84. The molecule has 0 amide bonds. The fourth-order valence-electron chi connectivity index (χ4n) is 2.35. The quantitative estimate of drug-likeness (QED) is 0.688. The minimum Gasteiger partial charge on any atom is -0.478 e. The molecule has 128 valence electrons. The molecule has 0 aliphatic rings. The molecule has 5 nitrogen and oxygen atoms in total. The SMILES string of the molecule is O=C(O)c1csc(S(=O)(=O)Nc2ccccc2Cc2ccccc2)c1. The number of aromatic carboxylic acids is 1. The number of hydrogen-bond donors (Lipinski definition) is 2. The number of carbonyl (C=O) groups is 1. The number of rotatable bonds is 6. The number of carboxylic acid groups (broad SMARTS) is 1. The minimum absolute atomic E-state index is 0.0283. The molecule has 0 radical (unpaired) electrons. The first-order valence-corrected chi connectivity index (χ1v) is 9.78. The molecule has 1 aromatic heterocycles. The molecule has 3 rings (SSSR count). The Hall–Kier alpha value is -2.64. The number of carboxylic acids is 1. The molecule has 25 heavy (non-hydrogen) atoms. The van der Waals surface area contributed by atoms with Crippen molar-refractivity contribution < 1.29 is 18.3 Å². The van der Waals surface area contributed by atoms with E-state index in [2.05, 4.69) is 4.72 Å². The lowest BCUT2D eigenvalue weighted by Gasteiger charge is -2.12. The van der Waals surface area contributed by atoms with Crippen LogP contribution in [0.15, 0.2) is 70.3 Å². The third kappa shape index (κ3) is 4.07. The van der Waals surface area contributed by atoms with Crippen molar-refractivity contribution in [3.8, 4) is 0 Å². The smallest absolute Gasteiger partial charge is 0.336 e. The van der Waals surface area contributed by atoms with E-state index in [1.807, 2.05) is 42.5 Å². The third-order valence-electron chi connectivity index (χ3n) is 3.59. The molecule has 0 saturated carbocycles. The summed E-state index contributed by atoms with van der Waals surface area (Å²) in [4.78, 5) is 10.9. The summed E-state index contributed by atoms with van der Waals surface area (Å²) in [5.74, 6) is -1.15.